The normalized spacial score (nSPS) is 20.8. The van der Waals surface area contributed by atoms with E-state index in [1.807, 2.05) is 29.6 Å². The lowest BCUT2D eigenvalue weighted by Crippen LogP contribution is -2.49. The second-order valence-electron chi connectivity index (χ2n) is 9.86. The molecule has 7 nitrogen and oxygen atoms in total. The minimum Gasteiger partial charge on any atom is -0.478 e. The molecule has 2 aliphatic rings. The third-order valence-electron chi connectivity index (χ3n) is 7.32. The van der Waals surface area contributed by atoms with Crippen LogP contribution in [0.15, 0.2) is 69.8 Å². The molecule has 1 fully saturated rings. The van der Waals surface area contributed by atoms with Gasteiger partial charge in [0.2, 0.25) is 0 Å². The Hall–Kier alpha value is -2.33. The lowest BCUT2D eigenvalue weighted by atomic mass is 9.91. The molecule has 2 aromatic heterocycles. The number of nitrogens with one attached hydrogen (secondary N) is 1. The number of benzene rings is 1. The number of carboxylic acids is 1. The van der Waals surface area contributed by atoms with Crippen LogP contribution in [0.5, 0.6) is 0 Å². The molecule has 0 radical (unpaired) electrons. The molecule has 0 spiro atoms. The molecule has 4 heterocycles. The monoisotopic (exact) mass is 589 g/mol. The van der Waals surface area contributed by atoms with Gasteiger partial charge < -0.3 is 24.5 Å². The Morgan fingerprint density at radius 2 is 1.95 bits per heavy atom. The van der Waals surface area contributed by atoms with Gasteiger partial charge in [0.1, 0.15) is 11.9 Å². The first-order valence-corrected chi connectivity index (χ1v) is 14.9. The lowest BCUT2D eigenvalue weighted by molar-refractivity contribution is -0.134. The van der Waals surface area contributed by atoms with Crippen LogP contribution < -0.4 is 5.32 Å². The third-order valence-corrected chi connectivity index (χ3v) is 8.99. The Balaban J connectivity index is 1.48. The molecule has 0 amide bonds. The zero-order valence-corrected chi connectivity index (χ0v) is 24.0. The molecule has 5 rings (SSSR count). The van der Waals surface area contributed by atoms with Crippen molar-refractivity contribution in [2.75, 3.05) is 39.4 Å². The highest BCUT2D eigenvalue weighted by molar-refractivity contribution is 7.09. The van der Waals surface area contributed by atoms with Crippen molar-refractivity contribution in [2.45, 2.75) is 37.9 Å². The van der Waals surface area contributed by atoms with Crippen LogP contribution in [0.25, 0.3) is 0 Å². The van der Waals surface area contributed by atoms with Crippen LogP contribution in [0.1, 0.15) is 47.7 Å². The number of likely N-dealkylation sites (tertiary alicyclic amines) is 1. The zero-order valence-electron chi connectivity index (χ0n) is 21.7. The van der Waals surface area contributed by atoms with Crippen LogP contribution in [0.2, 0.25) is 10.0 Å². The number of halogens is 2. The molecule has 2 unspecified atom stereocenters. The average molecular weight is 591 g/mol. The Morgan fingerprint density at radius 3 is 2.64 bits per heavy atom. The first kappa shape index (κ1) is 28.2. The standard InChI is InChI=1S/C29H33Cl2N3O4S/c30-22-9-8-20(18-23(22)31)27-26(29(35)36)24(19-37-16-14-33-11-2-1-3-12-33)32-28(25-7-4-15-38-25)34(27)13-10-21-6-5-17-39-21/h4-9,15,17-18,27-28,32H,1-3,10-14,16,19H2,(H,35,36). The Kier molecular flexibility index (Phi) is 9.66. The number of hydrogen-bond acceptors (Lipinski definition) is 7. The molecule has 0 bridgehead atoms. The second kappa shape index (κ2) is 13.4. The van der Waals surface area contributed by atoms with Crippen molar-refractivity contribution in [1.29, 1.82) is 0 Å². The van der Waals surface area contributed by atoms with E-state index < -0.39 is 18.2 Å². The van der Waals surface area contributed by atoms with Crippen LogP contribution in [-0.2, 0) is 16.0 Å². The summed E-state index contributed by atoms with van der Waals surface area (Å²) in [4.78, 5) is 18.6. The molecule has 208 valence electrons. The summed E-state index contributed by atoms with van der Waals surface area (Å²) in [5, 5.41) is 16.9. The number of aliphatic carboxylic acids is 1. The number of ether oxygens (including phenoxy) is 1. The number of furan rings is 1. The first-order chi connectivity index (χ1) is 19.0. The van der Waals surface area contributed by atoms with E-state index in [2.05, 4.69) is 21.2 Å². The fraction of sp³-hybridized carbons (Fsp3) is 0.414. The number of carboxylic acid groups (broad SMARTS) is 1. The van der Waals surface area contributed by atoms with Crippen molar-refractivity contribution < 1.29 is 19.1 Å². The SMILES string of the molecule is O=C(O)C1=C(COCCN2CCCCC2)NC(c2ccco2)N(CCc2cccs2)C1c1ccc(Cl)c(Cl)c1. The molecule has 10 heteroatoms. The maximum Gasteiger partial charge on any atom is 0.335 e. The van der Waals surface area contributed by atoms with Crippen molar-refractivity contribution in [3.05, 3.63) is 91.6 Å². The van der Waals surface area contributed by atoms with Gasteiger partial charge in [0.25, 0.3) is 0 Å². The van der Waals surface area contributed by atoms with Crippen LogP contribution in [0, 0.1) is 0 Å². The summed E-state index contributed by atoms with van der Waals surface area (Å²) < 4.78 is 11.9. The molecule has 1 saturated heterocycles. The fourth-order valence-electron chi connectivity index (χ4n) is 5.40. The van der Waals surface area contributed by atoms with Gasteiger partial charge in [-0.1, -0.05) is 41.8 Å². The van der Waals surface area contributed by atoms with Gasteiger partial charge in [-0.15, -0.1) is 11.3 Å². The second-order valence-corrected chi connectivity index (χ2v) is 11.7. The van der Waals surface area contributed by atoms with Crippen LogP contribution in [0.3, 0.4) is 0 Å². The van der Waals surface area contributed by atoms with Crippen LogP contribution in [-0.4, -0.2) is 60.3 Å². The molecular weight excluding hydrogens is 557 g/mol. The van der Waals surface area contributed by atoms with Crippen LogP contribution in [0.4, 0.5) is 0 Å². The smallest absolute Gasteiger partial charge is 0.335 e. The average Bonchev–Trinajstić information content (AvgIpc) is 3.66. The summed E-state index contributed by atoms with van der Waals surface area (Å²) in [6.07, 6.45) is 5.70. The maximum absolute atomic E-state index is 12.9. The quantitative estimate of drug-likeness (QED) is 0.251. The van der Waals surface area contributed by atoms with Gasteiger partial charge in [-0.3, -0.25) is 4.90 Å². The summed E-state index contributed by atoms with van der Waals surface area (Å²) in [7, 11) is 0. The molecule has 1 aromatic carbocycles. The van der Waals surface area contributed by atoms with E-state index in [-0.39, 0.29) is 12.2 Å². The molecule has 0 saturated carbocycles. The number of hydrogen-bond donors (Lipinski definition) is 2. The van der Waals surface area contributed by atoms with E-state index in [0.29, 0.717) is 34.7 Å². The molecule has 2 atom stereocenters. The van der Waals surface area contributed by atoms with Gasteiger partial charge in [0.05, 0.1) is 46.8 Å². The van der Waals surface area contributed by atoms with Crippen molar-refractivity contribution in [3.8, 4) is 0 Å². The van der Waals surface area contributed by atoms with E-state index in [4.69, 9.17) is 32.4 Å². The third kappa shape index (κ3) is 6.88. The van der Waals surface area contributed by atoms with E-state index in [9.17, 15) is 9.90 Å². The fourth-order valence-corrected chi connectivity index (χ4v) is 6.40. The topological polar surface area (TPSA) is 78.2 Å². The van der Waals surface area contributed by atoms with Crippen molar-refractivity contribution in [1.82, 2.24) is 15.1 Å². The van der Waals surface area contributed by atoms with Crippen molar-refractivity contribution in [2.24, 2.45) is 0 Å². The number of piperidine rings is 1. The first-order valence-electron chi connectivity index (χ1n) is 13.3. The Bertz CT molecular complexity index is 1260. The summed E-state index contributed by atoms with van der Waals surface area (Å²) in [5.74, 6) is -0.311. The molecule has 2 N–H and O–H groups in total. The largest absolute Gasteiger partial charge is 0.478 e. The Labute approximate surface area is 242 Å². The summed E-state index contributed by atoms with van der Waals surface area (Å²) in [6, 6.07) is 12.6. The number of rotatable bonds is 11. The van der Waals surface area contributed by atoms with Gasteiger partial charge in [-0.25, -0.2) is 4.79 Å². The zero-order chi connectivity index (χ0) is 27.2. The molecule has 39 heavy (non-hydrogen) atoms. The minimum atomic E-state index is -1.01. The van der Waals surface area contributed by atoms with Crippen molar-refractivity contribution in [3.63, 3.8) is 0 Å². The lowest BCUT2D eigenvalue weighted by Gasteiger charge is -2.43. The van der Waals surface area contributed by atoms with E-state index >= 15 is 0 Å². The van der Waals surface area contributed by atoms with Gasteiger partial charge in [0, 0.05) is 18.0 Å². The molecule has 3 aromatic rings. The predicted octanol–water partition coefficient (Wildman–Crippen LogP) is 6.38. The van der Waals surface area contributed by atoms with E-state index in [0.717, 1.165) is 31.6 Å². The molecule has 2 aliphatic heterocycles. The van der Waals surface area contributed by atoms with Crippen LogP contribution >= 0.6 is 34.5 Å². The predicted molar refractivity (Wildman–Crippen MR) is 154 cm³/mol. The van der Waals surface area contributed by atoms with Gasteiger partial charge >= 0.3 is 5.97 Å². The number of carbonyl (C=O) groups is 1. The highest BCUT2D eigenvalue weighted by atomic mass is 35.5. The van der Waals surface area contributed by atoms with Crippen molar-refractivity contribution >= 4 is 40.5 Å². The summed E-state index contributed by atoms with van der Waals surface area (Å²) >= 11 is 14.4. The summed E-state index contributed by atoms with van der Waals surface area (Å²) in [5.41, 5.74) is 1.52. The number of thiophene rings is 1. The van der Waals surface area contributed by atoms with E-state index in [1.54, 1.807) is 29.7 Å². The van der Waals surface area contributed by atoms with Gasteiger partial charge in [-0.05, 0) is 73.6 Å². The molecule has 0 aliphatic carbocycles. The highest BCUT2D eigenvalue weighted by Gasteiger charge is 2.41. The number of nitrogens with zero attached hydrogens (tertiary/aromatic N) is 2. The Morgan fingerprint density at radius 1 is 1.10 bits per heavy atom. The van der Waals surface area contributed by atoms with Gasteiger partial charge in [-0.2, -0.15) is 0 Å². The highest BCUT2D eigenvalue weighted by Crippen LogP contribution is 2.42. The maximum atomic E-state index is 12.9. The van der Waals surface area contributed by atoms with E-state index in [1.165, 1.54) is 24.1 Å². The molecular formula is C29H33Cl2N3O4S. The minimum absolute atomic E-state index is 0.156. The van der Waals surface area contributed by atoms with Gasteiger partial charge in [0.15, 0.2) is 0 Å². The summed E-state index contributed by atoms with van der Waals surface area (Å²) in [6.45, 7) is 4.28.